The lowest BCUT2D eigenvalue weighted by atomic mass is 10.3. The number of amides is 2. The molecular weight excluding hydrogens is 154 g/mol. The van der Waals surface area contributed by atoms with Crippen molar-refractivity contribution in [3.8, 4) is 0 Å². The van der Waals surface area contributed by atoms with Crippen LogP contribution in [0.25, 0.3) is 0 Å². The van der Waals surface area contributed by atoms with Crippen molar-refractivity contribution in [1.82, 2.24) is 15.1 Å². The van der Waals surface area contributed by atoms with Crippen LogP contribution in [0.2, 0.25) is 0 Å². The van der Waals surface area contributed by atoms with E-state index in [4.69, 9.17) is 0 Å². The van der Waals surface area contributed by atoms with Gasteiger partial charge in [-0.2, -0.15) is 0 Å². The monoisotopic (exact) mass is 171 g/mol. The van der Waals surface area contributed by atoms with Gasteiger partial charge in [0.2, 0.25) is 0 Å². The maximum atomic E-state index is 11.5. The van der Waals surface area contributed by atoms with Gasteiger partial charge in [-0.25, -0.2) is 4.79 Å². The lowest BCUT2D eigenvalue weighted by Crippen LogP contribution is -2.49. The zero-order valence-corrected chi connectivity index (χ0v) is 7.84. The maximum absolute atomic E-state index is 11.5. The molecule has 1 aliphatic rings. The number of urea groups is 1. The van der Waals surface area contributed by atoms with Gasteiger partial charge in [0.05, 0.1) is 0 Å². The van der Waals surface area contributed by atoms with E-state index in [1.165, 1.54) is 0 Å². The van der Waals surface area contributed by atoms with Crippen LogP contribution in [-0.4, -0.2) is 56.1 Å². The Balaban J connectivity index is 2.36. The van der Waals surface area contributed by atoms with Crippen LogP contribution < -0.4 is 5.32 Å². The Morgan fingerprint density at radius 1 is 1.50 bits per heavy atom. The molecule has 0 aromatic carbocycles. The van der Waals surface area contributed by atoms with Gasteiger partial charge in [0, 0.05) is 33.2 Å². The molecule has 0 atom stereocenters. The first-order valence-electron chi connectivity index (χ1n) is 4.40. The average molecular weight is 171 g/mol. The van der Waals surface area contributed by atoms with Crippen molar-refractivity contribution >= 4 is 6.03 Å². The van der Waals surface area contributed by atoms with Gasteiger partial charge < -0.3 is 15.1 Å². The van der Waals surface area contributed by atoms with E-state index in [9.17, 15) is 4.79 Å². The quantitative estimate of drug-likeness (QED) is 0.647. The Kier molecular flexibility index (Phi) is 3.34. The summed E-state index contributed by atoms with van der Waals surface area (Å²) < 4.78 is 0. The number of carbonyl (C=O) groups is 1. The molecule has 70 valence electrons. The highest BCUT2D eigenvalue weighted by atomic mass is 16.2. The first kappa shape index (κ1) is 9.32. The molecule has 0 aliphatic carbocycles. The first-order valence-corrected chi connectivity index (χ1v) is 4.40. The van der Waals surface area contributed by atoms with Gasteiger partial charge in [-0.15, -0.1) is 0 Å². The summed E-state index contributed by atoms with van der Waals surface area (Å²) in [7, 11) is 3.76. The van der Waals surface area contributed by atoms with Crippen molar-refractivity contribution in [3.63, 3.8) is 0 Å². The standard InChI is InChI=1S/C8H17N3O/c1-9-4-7-11-6-3-5-10(2)8(11)12/h9H,3-7H2,1-2H3. The third kappa shape index (κ3) is 2.11. The molecule has 0 saturated carbocycles. The second-order valence-electron chi connectivity index (χ2n) is 3.15. The van der Waals surface area contributed by atoms with Crippen LogP contribution in [-0.2, 0) is 0 Å². The fourth-order valence-electron chi connectivity index (χ4n) is 1.39. The van der Waals surface area contributed by atoms with Crippen molar-refractivity contribution in [2.24, 2.45) is 0 Å². The number of hydrogen-bond acceptors (Lipinski definition) is 2. The summed E-state index contributed by atoms with van der Waals surface area (Å²) in [6.07, 6.45) is 1.09. The Morgan fingerprint density at radius 2 is 2.25 bits per heavy atom. The van der Waals surface area contributed by atoms with E-state index in [0.717, 1.165) is 32.6 Å². The van der Waals surface area contributed by atoms with E-state index in [-0.39, 0.29) is 6.03 Å². The predicted octanol–water partition coefficient (Wildman–Crippen LogP) is -0.0367. The number of nitrogens with zero attached hydrogens (tertiary/aromatic N) is 2. The fraction of sp³-hybridized carbons (Fsp3) is 0.875. The minimum Gasteiger partial charge on any atom is -0.328 e. The normalized spacial score (nSPS) is 18.7. The topological polar surface area (TPSA) is 35.6 Å². The molecule has 0 aromatic heterocycles. The van der Waals surface area contributed by atoms with Gasteiger partial charge >= 0.3 is 6.03 Å². The molecule has 4 heteroatoms. The average Bonchev–Trinajstić information content (AvgIpc) is 2.08. The van der Waals surface area contributed by atoms with Gasteiger partial charge in [0.25, 0.3) is 0 Å². The summed E-state index contributed by atoms with van der Waals surface area (Å²) in [5.41, 5.74) is 0. The number of carbonyl (C=O) groups excluding carboxylic acids is 1. The van der Waals surface area contributed by atoms with Gasteiger partial charge in [-0.05, 0) is 13.5 Å². The smallest absolute Gasteiger partial charge is 0.319 e. The van der Waals surface area contributed by atoms with E-state index >= 15 is 0 Å². The van der Waals surface area contributed by atoms with E-state index in [0.29, 0.717) is 0 Å². The highest BCUT2D eigenvalue weighted by molar-refractivity contribution is 5.74. The zero-order chi connectivity index (χ0) is 8.97. The molecule has 1 fully saturated rings. The van der Waals surface area contributed by atoms with Crippen LogP contribution in [0.3, 0.4) is 0 Å². The summed E-state index contributed by atoms with van der Waals surface area (Å²) in [4.78, 5) is 15.1. The molecule has 1 N–H and O–H groups in total. The lowest BCUT2D eigenvalue weighted by Gasteiger charge is -2.33. The van der Waals surface area contributed by atoms with Crippen molar-refractivity contribution in [1.29, 1.82) is 0 Å². The highest BCUT2D eigenvalue weighted by Gasteiger charge is 2.21. The Bertz CT molecular complexity index is 160. The summed E-state index contributed by atoms with van der Waals surface area (Å²) in [5.74, 6) is 0. The number of hydrogen-bond donors (Lipinski definition) is 1. The molecule has 0 unspecified atom stereocenters. The summed E-state index contributed by atoms with van der Waals surface area (Å²) in [5, 5.41) is 3.04. The van der Waals surface area contributed by atoms with Crippen LogP contribution in [0.1, 0.15) is 6.42 Å². The minimum absolute atomic E-state index is 0.163. The molecule has 12 heavy (non-hydrogen) atoms. The number of nitrogens with one attached hydrogen (secondary N) is 1. The SMILES string of the molecule is CNCCN1CCCN(C)C1=O. The summed E-state index contributed by atoms with van der Waals surface area (Å²) in [6, 6.07) is 0.163. The fourth-order valence-corrected chi connectivity index (χ4v) is 1.39. The molecule has 2 amide bonds. The summed E-state index contributed by atoms with van der Waals surface area (Å²) >= 11 is 0. The van der Waals surface area contributed by atoms with Crippen LogP contribution in [0.4, 0.5) is 4.79 Å². The molecular formula is C8H17N3O. The Morgan fingerprint density at radius 3 is 2.92 bits per heavy atom. The molecule has 0 spiro atoms. The van der Waals surface area contributed by atoms with Crippen LogP contribution in [0, 0.1) is 0 Å². The molecule has 1 heterocycles. The molecule has 1 saturated heterocycles. The van der Waals surface area contributed by atoms with E-state index < -0.39 is 0 Å². The third-order valence-electron chi connectivity index (χ3n) is 2.15. The first-order chi connectivity index (χ1) is 5.75. The zero-order valence-electron chi connectivity index (χ0n) is 7.84. The van der Waals surface area contributed by atoms with Crippen molar-refractivity contribution in [2.45, 2.75) is 6.42 Å². The molecule has 0 aromatic rings. The van der Waals surface area contributed by atoms with Gasteiger partial charge in [0.1, 0.15) is 0 Å². The molecule has 0 bridgehead atoms. The van der Waals surface area contributed by atoms with E-state index in [2.05, 4.69) is 5.32 Å². The number of likely N-dealkylation sites (N-methyl/N-ethyl adjacent to an activating group) is 1. The molecule has 0 radical (unpaired) electrons. The van der Waals surface area contributed by atoms with E-state index in [1.807, 2.05) is 19.0 Å². The second-order valence-corrected chi connectivity index (χ2v) is 3.15. The molecule has 4 nitrogen and oxygen atoms in total. The van der Waals surface area contributed by atoms with E-state index in [1.54, 1.807) is 4.90 Å². The van der Waals surface area contributed by atoms with Gasteiger partial charge in [-0.3, -0.25) is 0 Å². The third-order valence-corrected chi connectivity index (χ3v) is 2.15. The van der Waals surface area contributed by atoms with Crippen molar-refractivity contribution < 1.29 is 4.79 Å². The van der Waals surface area contributed by atoms with Crippen LogP contribution in [0.15, 0.2) is 0 Å². The maximum Gasteiger partial charge on any atom is 0.319 e. The highest BCUT2D eigenvalue weighted by Crippen LogP contribution is 2.05. The second kappa shape index (κ2) is 4.30. The van der Waals surface area contributed by atoms with Gasteiger partial charge in [0.15, 0.2) is 0 Å². The Labute approximate surface area is 73.5 Å². The largest absolute Gasteiger partial charge is 0.328 e. The minimum atomic E-state index is 0.163. The van der Waals surface area contributed by atoms with Crippen LogP contribution >= 0.6 is 0 Å². The Hall–Kier alpha value is -0.770. The van der Waals surface area contributed by atoms with Gasteiger partial charge in [-0.1, -0.05) is 0 Å². The molecule has 1 aliphatic heterocycles. The number of rotatable bonds is 3. The van der Waals surface area contributed by atoms with Crippen molar-refractivity contribution in [3.05, 3.63) is 0 Å². The van der Waals surface area contributed by atoms with Crippen molar-refractivity contribution in [2.75, 3.05) is 40.3 Å². The lowest BCUT2D eigenvalue weighted by molar-refractivity contribution is 0.142. The molecule has 1 rings (SSSR count). The summed E-state index contributed by atoms with van der Waals surface area (Å²) in [6.45, 7) is 3.50. The predicted molar refractivity (Wildman–Crippen MR) is 48.1 cm³/mol. The van der Waals surface area contributed by atoms with Crippen LogP contribution in [0.5, 0.6) is 0 Å².